The van der Waals surface area contributed by atoms with E-state index in [0.717, 1.165) is 11.6 Å². The number of aromatic nitrogens is 3. The van der Waals surface area contributed by atoms with E-state index in [-0.39, 0.29) is 35.8 Å². The fraction of sp³-hybridized carbons (Fsp3) is 0.387. The number of carboxylic acid groups (broad SMARTS) is 1. The van der Waals surface area contributed by atoms with Crippen LogP contribution in [0.4, 0.5) is 13.2 Å². The molecule has 1 atom stereocenters. The van der Waals surface area contributed by atoms with Gasteiger partial charge in [0.25, 0.3) is 6.43 Å². The molecule has 14 heteroatoms. The van der Waals surface area contributed by atoms with Crippen molar-refractivity contribution in [2.75, 3.05) is 19.8 Å². The van der Waals surface area contributed by atoms with Crippen LogP contribution in [0.5, 0.6) is 5.75 Å². The molecule has 4 aromatic rings. The Morgan fingerprint density at radius 3 is 2.56 bits per heavy atom. The van der Waals surface area contributed by atoms with Crippen LogP contribution in [0.2, 0.25) is 0 Å². The molecule has 1 unspecified atom stereocenters. The molecule has 0 bridgehead atoms. The summed E-state index contributed by atoms with van der Waals surface area (Å²) in [7, 11) is -4.22. The lowest BCUT2D eigenvalue weighted by Gasteiger charge is -2.38. The van der Waals surface area contributed by atoms with Gasteiger partial charge in [-0.15, -0.1) is 10.2 Å². The van der Waals surface area contributed by atoms with Gasteiger partial charge >= 0.3 is 5.97 Å². The lowest BCUT2D eigenvalue weighted by molar-refractivity contribution is -0.137. The Morgan fingerprint density at radius 2 is 1.84 bits per heavy atom. The van der Waals surface area contributed by atoms with Crippen molar-refractivity contribution in [3.63, 3.8) is 0 Å². The summed E-state index contributed by atoms with van der Waals surface area (Å²) in [5.41, 5.74) is 2.35. The zero-order valence-corrected chi connectivity index (χ0v) is 25.4. The van der Waals surface area contributed by atoms with Gasteiger partial charge in [-0.1, -0.05) is 18.2 Å². The third kappa shape index (κ3) is 5.77. The molecule has 2 aliphatic heterocycles. The zero-order valence-electron chi connectivity index (χ0n) is 24.5. The first-order chi connectivity index (χ1) is 21.4. The molecule has 6 rings (SSSR count). The van der Waals surface area contributed by atoms with Crippen LogP contribution in [0.15, 0.2) is 53.6 Å². The van der Waals surface area contributed by atoms with E-state index in [1.807, 2.05) is 6.92 Å². The van der Waals surface area contributed by atoms with Crippen LogP contribution in [0.1, 0.15) is 65.2 Å². The van der Waals surface area contributed by atoms with Gasteiger partial charge in [-0.2, -0.15) is 4.31 Å². The van der Waals surface area contributed by atoms with Gasteiger partial charge in [0.1, 0.15) is 22.1 Å². The lowest BCUT2D eigenvalue weighted by atomic mass is 9.85. The van der Waals surface area contributed by atoms with Gasteiger partial charge in [0, 0.05) is 31.5 Å². The largest absolute Gasteiger partial charge is 0.484 e. The van der Waals surface area contributed by atoms with Gasteiger partial charge in [-0.3, -0.25) is 9.20 Å². The number of alkyl halides is 2. The molecular weight excluding hydrogens is 613 g/mol. The Kier molecular flexibility index (Phi) is 8.08. The number of halogens is 3. The maximum absolute atomic E-state index is 14.3. The smallest absolute Gasteiger partial charge is 0.304 e. The van der Waals surface area contributed by atoms with Crippen LogP contribution in [-0.4, -0.2) is 63.8 Å². The molecule has 0 saturated carbocycles. The van der Waals surface area contributed by atoms with Crippen LogP contribution >= 0.6 is 0 Å². The normalized spacial score (nSPS) is 18.4. The molecule has 10 nitrogen and oxygen atoms in total. The van der Waals surface area contributed by atoms with E-state index in [0.29, 0.717) is 48.3 Å². The van der Waals surface area contributed by atoms with E-state index in [2.05, 4.69) is 10.2 Å². The van der Waals surface area contributed by atoms with E-state index in [1.54, 1.807) is 31.2 Å². The van der Waals surface area contributed by atoms with Crippen molar-refractivity contribution in [3.05, 3.63) is 88.1 Å². The van der Waals surface area contributed by atoms with E-state index >= 15 is 0 Å². The Labute approximate surface area is 257 Å². The second-order valence-corrected chi connectivity index (χ2v) is 13.5. The lowest BCUT2D eigenvalue weighted by Crippen LogP contribution is -2.50. The zero-order chi connectivity index (χ0) is 32.1. The Hall–Kier alpha value is -4.01. The number of carbonyl (C=O) groups is 1. The highest BCUT2D eigenvalue weighted by Crippen LogP contribution is 2.40. The van der Waals surface area contributed by atoms with Crippen LogP contribution in [-0.2, 0) is 26.1 Å². The van der Waals surface area contributed by atoms with Crippen LogP contribution < -0.4 is 4.74 Å². The highest BCUT2D eigenvalue weighted by Gasteiger charge is 2.45. The molecule has 4 heterocycles. The molecule has 1 N–H and O–H groups in total. The van der Waals surface area contributed by atoms with E-state index in [9.17, 15) is 31.5 Å². The van der Waals surface area contributed by atoms with Gasteiger partial charge in [-0.05, 0) is 65.9 Å². The SMILES string of the molecule is Cc1ccc(C(CC(=O)O)c2ccn3c(C(F)F)nnc3c2C)cc1CN1CC2(CCOCC2)Oc2ccc(F)cc2S1(=O)=O. The molecule has 45 heavy (non-hydrogen) atoms. The standard InChI is InChI=1S/C31H31F3N4O6S/c1-18-3-4-20(24(15-27(39)40)23-7-10-38-29(19(23)2)35-36-30(38)28(33)34)13-21(18)16-37-17-31(8-11-43-12-9-31)44-25-6-5-22(32)14-26(25)45(37,41)42/h3-7,10,13-14,24,28H,8-9,11-12,15-17H2,1-2H3,(H,39,40). The molecule has 238 valence electrons. The number of carboxylic acids is 1. The first kappa shape index (κ1) is 31.0. The minimum absolute atomic E-state index is 0.00629. The van der Waals surface area contributed by atoms with Crippen molar-refractivity contribution in [2.45, 2.75) is 62.5 Å². The number of benzene rings is 2. The summed E-state index contributed by atoms with van der Waals surface area (Å²) in [6, 6.07) is 10.4. The van der Waals surface area contributed by atoms with E-state index < -0.39 is 45.6 Å². The fourth-order valence-electron chi connectivity index (χ4n) is 6.22. The van der Waals surface area contributed by atoms with Crippen molar-refractivity contribution in [1.82, 2.24) is 18.9 Å². The number of pyridine rings is 1. The number of fused-ring (bicyclic) bond motifs is 2. The Balaban J connectivity index is 1.42. The van der Waals surface area contributed by atoms with Crippen molar-refractivity contribution < 1.29 is 41.0 Å². The van der Waals surface area contributed by atoms with E-state index in [1.165, 1.54) is 27.0 Å². The quantitative estimate of drug-likeness (QED) is 0.293. The third-order valence-corrected chi connectivity index (χ3v) is 10.5. The fourth-order valence-corrected chi connectivity index (χ4v) is 7.83. The second kappa shape index (κ2) is 11.7. The molecule has 1 spiro atoms. The molecule has 0 radical (unpaired) electrons. The Bertz CT molecular complexity index is 1890. The predicted octanol–water partition coefficient (Wildman–Crippen LogP) is 5.16. The highest BCUT2D eigenvalue weighted by molar-refractivity contribution is 7.89. The molecule has 2 aromatic carbocycles. The summed E-state index contributed by atoms with van der Waals surface area (Å²) in [5.74, 6) is -2.93. The van der Waals surface area contributed by atoms with Crippen molar-refractivity contribution >= 4 is 21.6 Å². The number of sulfonamides is 1. The minimum atomic E-state index is -4.22. The van der Waals surface area contributed by atoms with Gasteiger partial charge in [0.05, 0.1) is 26.2 Å². The number of rotatable bonds is 7. The maximum Gasteiger partial charge on any atom is 0.304 e. The number of hydrogen-bond donors (Lipinski definition) is 1. The number of aliphatic carboxylic acids is 1. The summed E-state index contributed by atoms with van der Waals surface area (Å²) >= 11 is 0. The number of nitrogens with zero attached hydrogens (tertiary/aromatic N) is 4. The number of ether oxygens (including phenoxy) is 2. The van der Waals surface area contributed by atoms with Crippen LogP contribution in [0.25, 0.3) is 5.65 Å². The topological polar surface area (TPSA) is 123 Å². The summed E-state index contributed by atoms with van der Waals surface area (Å²) in [4.78, 5) is 11.8. The van der Waals surface area contributed by atoms with Gasteiger partial charge in [0.2, 0.25) is 15.8 Å². The minimum Gasteiger partial charge on any atom is -0.484 e. The second-order valence-electron chi connectivity index (χ2n) is 11.5. The highest BCUT2D eigenvalue weighted by atomic mass is 32.2. The first-order valence-corrected chi connectivity index (χ1v) is 15.8. The summed E-state index contributed by atoms with van der Waals surface area (Å²) < 4.78 is 83.6. The molecule has 0 aliphatic carbocycles. The van der Waals surface area contributed by atoms with Gasteiger partial charge in [0.15, 0.2) is 5.65 Å². The number of aryl methyl sites for hydroxylation is 2. The third-order valence-electron chi connectivity index (χ3n) is 8.68. The molecule has 1 fully saturated rings. The summed E-state index contributed by atoms with van der Waals surface area (Å²) in [5, 5.41) is 17.4. The van der Waals surface area contributed by atoms with Gasteiger partial charge in [-0.25, -0.2) is 21.6 Å². The van der Waals surface area contributed by atoms with Crippen molar-refractivity contribution in [1.29, 1.82) is 0 Å². The first-order valence-electron chi connectivity index (χ1n) is 14.4. The van der Waals surface area contributed by atoms with Crippen molar-refractivity contribution in [2.24, 2.45) is 0 Å². The number of hydrogen-bond acceptors (Lipinski definition) is 7. The Morgan fingerprint density at radius 1 is 1.09 bits per heavy atom. The van der Waals surface area contributed by atoms with Crippen molar-refractivity contribution in [3.8, 4) is 5.75 Å². The maximum atomic E-state index is 14.3. The monoisotopic (exact) mass is 644 g/mol. The molecule has 0 amide bonds. The van der Waals surface area contributed by atoms with Crippen LogP contribution in [0.3, 0.4) is 0 Å². The average molecular weight is 645 g/mol. The van der Waals surface area contributed by atoms with Crippen LogP contribution in [0, 0.1) is 19.7 Å². The summed E-state index contributed by atoms with van der Waals surface area (Å²) in [6.07, 6.45) is -0.887. The average Bonchev–Trinajstić information content (AvgIpc) is 3.41. The molecule has 1 saturated heterocycles. The molecular formula is C31H31F3N4O6S. The predicted molar refractivity (Wildman–Crippen MR) is 155 cm³/mol. The summed E-state index contributed by atoms with van der Waals surface area (Å²) in [6.45, 7) is 4.18. The molecule has 2 aromatic heterocycles. The molecule has 2 aliphatic rings. The van der Waals surface area contributed by atoms with Gasteiger partial charge < -0.3 is 14.6 Å². The van der Waals surface area contributed by atoms with E-state index in [4.69, 9.17) is 9.47 Å².